The first-order chi connectivity index (χ1) is 11.1. The Morgan fingerprint density at radius 1 is 1.39 bits per heavy atom. The van der Waals surface area contributed by atoms with Gasteiger partial charge in [-0.05, 0) is 37.8 Å². The van der Waals surface area contributed by atoms with Crippen molar-refractivity contribution in [3.8, 4) is 0 Å². The minimum atomic E-state index is -0.206. The zero-order chi connectivity index (χ0) is 16.4. The van der Waals surface area contributed by atoms with E-state index in [1.54, 1.807) is 6.08 Å². The number of hydrogen-bond donors (Lipinski definition) is 0. The van der Waals surface area contributed by atoms with E-state index in [9.17, 15) is 9.59 Å². The van der Waals surface area contributed by atoms with Crippen LogP contribution in [0.15, 0.2) is 31.0 Å². The van der Waals surface area contributed by atoms with E-state index in [0.717, 1.165) is 32.2 Å². The van der Waals surface area contributed by atoms with Crippen LogP contribution in [0, 0.1) is 0 Å². The van der Waals surface area contributed by atoms with Crippen molar-refractivity contribution in [2.45, 2.75) is 37.6 Å². The van der Waals surface area contributed by atoms with Gasteiger partial charge in [0, 0.05) is 39.3 Å². The molecule has 1 spiro atoms. The Morgan fingerprint density at radius 3 is 2.87 bits per heavy atom. The molecule has 5 heteroatoms. The minimum absolute atomic E-state index is 0.0631. The molecule has 2 saturated heterocycles. The second kappa shape index (κ2) is 6.22. The Kier molecular flexibility index (Phi) is 4.28. The normalized spacial score (nSPS) is 25.0. The van der Waals surface area contributed by atoms with Crippen LogP contribution >= 0.6 is 0 Å². The molecule has 0 bridgehead atoms. The van der Waals surface area contributed by atoms with Gasteiger partial charge in [-0.1, -0.05) is 6.08 Å². The monoisotopic (exact) mass is 315 g/mol. The lowest BCUT2D eigenvalue weighted by Crippen LogP contribution is -2.63. The predicted octanol–water partition coefficient (Wildman–Crippen LogP) is 2.20. The van der Waals surface area contributed by atoms with Crippen molar-refractivity contribution < 1.29 is 9.59 Å². The summed E-state index contributed by atoms with van der Waals surface area (Å²) in [6.45, 7) is 5.77. The van der Waals surface area contributed by atoms with Crippen molar-refractivity contribution >= 4 is 11.8 Å². The molecule has 2 fully saturated rings. The number of rotatable bonds is 3. The molecule has 0 saturated carbocycles. The summed E-state index contributed by atoms with van der Waals surface area (Å²) in [4.78, 5) is 29.1. The van der Waals surface area contributed by atoms with Gasteiger partial charge in [0.1, 0.15) is 5.69 Å². The van der Waals surface area contributed by atoms with Crippen LogP contribution in [0.3, 0.4) is 0 Å². The highest BCUT2D eigenvalue weighted by molar-refractivity contribution is 5.93. The summed E-state index contributed by atoms with van der Waals surface area (Å²) in [6, 6.07) is 3.75. The molecule has 2 amide bonds. The summed E-state index contributed by atoms with van der Waals surface area (Å²) in [5.41, 5.74) is 0.502. The number of carbonyl (C=O) groups excluding carboxylic acids is 2. The van der Waals surface area contributed by atoms with Gasteiger partial charge in [0.2, 0.25) is 5.91 Å². The third-order valence-corrected chi connectivity index (χ3v) is 5.22. The molecular formula is C18H25N3O2. The van der Waals surface area contributed by atoms with Gasteiger partial charge < -0.3 is 14.4 Å². The number of aryl methyl sites for hydroxylation is 1. The van der Waals surface area contributed by atoms with Crippen LogP contribution in [-0.4, -0.2) is 51.4 Å². The highest BCUT2D eigenvalue weighted by Gasteiger charge is 2.45. The van der Waals surface area contributed by atoms with E-state index in [4.69, 9.17) is 0 Å². The molecule has 1 atom stereocenters. The molecule has 3 rings (SSSR count). The molecule has 1 aromatic rings. The van der Waals surface area contributed by atoms with Crippen molar-refractivity contribution in [3.05, 3.63) is 36.7 Å². The Balaban J connectivity index is 1.84. The van der Waals surface area contributed by atoms with E-state index in [1.165, 1.54) is 0 Å². The summed E-state index contributed by atoms with van der Waals surface area (Å²) < 4.78 is 1.86. The Hall–Kier alpha value is -2.04. The molecule has 1 aromatic heterocycles. The highest BCUT2D eigenvalue weighted by atomic mass is 16.2. The van der Waals surface area contributed by atoms with Gasteiger partial charge in [-0.15, -0.1) is 6.58 Å². The SMILES string of the molecule is C=CCN1C(=O)CCCC12CCCN(C(=O)c1cccn1C)C2. The number of likely N-dealkylation sites (tertiary alicyclic amines) is 2. The van der Waals surface area contributed by atoms with Crippen LogP contribution in [0.4, 0.5) is 0 Å². The third kappa shape index (κ3) is 2.80. The van der Waals surface area contributed by atoms with Crippen LogP contribution in [-0.2, 0) is 11.8 Å². The first-order valence-corrected chi connectivity index (χ1v) is 8.39. The number of hydrogen-bond acceptors (Lipinski definition) is 2. The number of aromatic nitrogens is 1. The molecule has 124 valence electrons. The molecule has 5 nitrogen and oxygen atoms in total. The molecule has 0 N–H and O–H groups in total. The standard InChI is InChI=1S/C18H25N3O2/c1-3-11-21-16(22)8-4-9-18(21)10-6-13-20(14-18)17(23)15-7-5-12-19(15)2/h3,5,7,12H,1,4,6,8-11,13-14H2,2H3. The summed E-state index contributed by atoms with van der Waals surface area (Å²) in [7, 11) is 1.89. The number of piperidine rings is 2. The van der Waals surface area contributed by atoms with Crippen LogP contribution in [0.5, 0.6) is 0 Å². The summed E-state index contributed by atoms with van der Waals surface area (Å²) in [6.07, 6.45) is 8.11. The van der Waals surface area contributed by atoms with Crippen LogP contribution < -0.4 is 0 Å². The Labute approximate surface area is 137 Å². The van der Waals surface area contributed by atoms with E-state index >= 15 is 0 Å². The minimum Gasteiger partial charge on any atom is -0.347 e. The molecule has 0 aromatic carbocycles. The lowest BCUT2D eigenvalue weighted by atomic mass is 9.79. The van der Waals surface area contributed by atoms with Gasteiger partial charge in [0.15, 0.2) is 0 Å². The smallest absolute Gasteiger partial charge is 0.270 e. The fraction of sp³-hybridized carbons (Fsp3) is 0.556. The maximum Gasteiger partial charge on any atom is 0.270 e. The second-order valence-electron chi connectivity index (χ2n) is 6.71. The van der Waals surface area contributed by atoms with Crippen LogP contribution in [0.1, 0.15) is 42.6 Å². The molecule has 3 heterocycles. The quantitative estimate of drug-likeness (QED) is 0.803. The maximum atomic E-state index is 12.8. The van der Waals surface area contributed by atoms with Gasteiger partial charge in [-0.3, -0.25) is 9.59 Å². The van der Waals surface area contributed by atoms with Crippen molar-refractivity contribution in [2.75, 3.05) is 19.6 Å². The van der Waals surface area contributed by atoms with Gasteiger partial charge in [-0.2, -0.15) is 0 Å². The van der Waals surface area contributed by atoms with Crippen molar-refractivity contribution in [1.29, 1.82) is 0 Å². The molecule has 2 aliphatic rings. The predicted molar refractivity (Wildman–Crippen MR) is 89.0 cm³/mol. The molecule has 0 radical (unpaired) electrons. The Morgan fingerprint density at radius 2 is 2.17 bits per heavy atom. The van der Waals surface area contributed by atoms with Gasteiger partial charge in [0.25, 0.3) is 5.91 Å². The number of nitrogens with zero attached hydrogens (tertiary/aromatic N) is 3. The lowest BCUT2D eigenvalue weighted by Gasteiger charge is -2.51. The topological polar surface area (TPSA) is 45.6 Å². The van der Waals surface area contributed by atoms with Crippen LogP contribution in [0.2, 0.25) is 0 Å². The van der Waals surface area contributed by atoms with Gasteiger partial charge in [-0.25, -0.2) is 0 Å². The van der Waals surface area contributed by atoms with E-state index in [2.05, 4.69) is 6.58 Å². The van der Waals surface area contributed by atoms with Crippen LogP contribution in [0.25, 0.3) is 0 Å². The first kappa shape index (κ1) is 15.8. The summed E-state index contributed by atoms with van der Waals surface area (Å²) in [5.74, 6) is 0.262. The summed E-state index contributed by atoms with van der Waals surface area (Å²) >= 11 is 0. The van der Waals surface area contributed by atoms with E-state index in [0.29, 0.717) is 25.2 Å². The average Bonchev–Trinajstić information content (AvgIpc) is 2.97. The maximum absolute atomic E-state index is 12.8. The molecule has 0 aliphatic carbocycles. The van der Waals surface area contributed by atoms with Crippen molar-refractivity contribution in [1.82, 2.24) is 14.4 Å². The second-order valence-corrected chi connectivity index (χ2v) is 6.71. The average molecular weight is 315 g/mol. The van der Waals surface area contributed by atoms with Gasteiger partial charge in [0.05, 0.1) is 5.54 Å². The zero-order valence-electron chi connectivity index (χ0n) is 13.8. The summed E-state index contributed by atoms with van der Waals surface area (Å²) in [5, 5.41) is 0. The van der Waals surface area contributed by atoms with E-state index < -0.39 is 0 Å². The zero-order valence-corrected chi connectivity index (χ0v) is 13.8. The Bertz CT molecular complexity index is 618. The molecule has 1 unspecified atom stereocenters. The lowest BCUT2D eigenvalue weighted by molar-refractivity contribution is -0.143. The third-order valence-electron chi connectivity index (χ3n) is 5.22. The highest BCUT2D eigenvalue weighted by Crippen LogP contribution is 2.37. The fourth-order valence-electron chi connectivity index (χ4n) is 4.08. The molecule has 2 aliphatic heterocycles. The number of amides is 2. The number of carbonyl (C=O) groups is 2. The largest absolute Gasteiger partial charge is 0.347 e. The van der Waals surface area contributed by atoms with E-state index in [-0.39, 0.29) is 17.4 Å². The fourth-order valence-corrected chi connectivity index (χ4v) is 4.08. The van der Waals surface area contributed by atoms with Crippen molar-refractivity contribution in [2.24, 2.45) is 7.05 Å². The molecule has 23 heavy (non-hydrogen) atoms. The first-order valence-electron chi connectivity index (χ1n) is 8.39. The molecular weight excluding hydrogens is 290 g/mol. The van der Waals surface area contributed by atoms with Gasteiger partial charge >= 0.3 is 0 Å². The van der Waals surface area contributed by atoms with E-state index in [1.807, 2.05) is 39.7 Å². The van der Waals surface area contributed by atoms with Crippen molar-refractivity contribution in [3.63, 3.8) is 0 Å².